The van der Waals surface area contributed by atoms with Gasteiger partial charge in [0.15, 0.2) is 0 Å². The summed E-state index contributed by atoms with van der Waals surface area (Å²) in [6.07, 6.45) is 8.07. The van der Waals surface area contributed by atoms with Crippen LogP contribution in [0.15, 0.2) is 42.0 Å². The van der Waals surface area contributed by atoms with Crippen LogP contribution in [0.3, 0.4) is 0 Å². The summed E-state index contributed by atoms with van der Waals surface area (Å²) < 4.78 is 36.9. The van der Waals surface area contributed by atoms with Gasteiger partial charge in [-0.3, -0.25) is 9.59 Å². The maximum Gasteiger partial charge on any atom is 0.303 e. The van der Waals surface area contributed by atoms with Crippen LogP contribution < -0.4 is 9.46 Å². The predicted molar refractivity (Wildman–Crippen MR) is 159 cm³/mol. The molecule has 9 nitrogen and oxygen atoms in total. The minimum absolute atomic E-state index is 0.113. The van der Waals surface area contributed by atoms with Crippen LogP contribution in [0.5, 0.6) is 5.75 Å². The molecule has 0 spiro atoms. The highest BCUT2D eigenvalue weighted by Gasteiger charge is 2.32. The molecule has 0 unspecified atom stereocenters. The minimum atomic E-state index is -4.04. The van der Waals surface area contributed by atoms with Crippen molar-refractivity contribution in [2.75, 3.05) is 34.3 Å². The summed E-state index contributed by atoms with van der Waals surface area (Å²) in [7, 11) is 0.771. The molecule has 0 radical (unpaired) electrons. The van der Waals surface area contributed by atoms with Crippen molar-refractivity contribution in [1.29, 1.82) is 0 Å². The van der Waals surface area contributed by atoms with Crippen LogP contribution in [0.2, 0.25) is 0 Å². The van der Waals surface area contributed by atoms with E-state index in [1.165, 1.54) is 19.0 Å². The van der Waals surface area contributed by atoms with E-state index in [0.717, 1.165) is 57.7 Å². The van der Waals surface area contributed by atoms with E-state index in [1.54, 1.807) is 31.2 Å². The first-order chi connectivity index (χ1) is 19.7. The molecule has 41 heavy (non-hydrogen) atoms. The molecule has 2 aliphatic heterocycles. The fourth-order valence-corrected chi connectivity index (χ4v) is 7.44. The fraction of sp³-hybridized carbons (Fsp3) is 0.419. The second-order valence-electron chi connectivity index (χ2n) is 11.4. The molecule has 216 valence electrons. The van der Waals surface area contributed by atoms with Crippen LogP contribution in [0.4, 0.5) is 0 Å². The summed E-state index contributed by atoms with van der Waals surface area (Å²) in [5.41, 5.74) is 5.93. The third-order valence-electron chi connectivity index (χ3n) is 8.77. The molecule has 1 fully saturated rings. The van der Waals surface area contributed by atoms with E-state index >= 15 is 0 Å². The van der Waals surface area contributed by atoms with Gasteiger partial charge in [-0.1, -0.05) is 25.3 Å². The molecule has 2 amide bonds. The quantitative estimate of drug-likeness (QED) is 0.483. The lowest BCUT2D eigenvalue weighted by Crippen LogP contribution is -2.42. The molecule has 4 bridgehead atoms. The summed E-state index contributed by atoms with van der Waals surface area (Å²) in [6.45, 7) is 0.860. The number of hydrogen-bond donors (Lipinski definition) is 1. The zero-order valence-electron chi connectivity index (χ0n) is 23.8. The van der Waals surface area contributed by atoms with Crippen molar-refractivity contribution in [3.63, 3.8) is 0 Å². The Kier molecular flexibility index (Phi) is 7.15. The molecule has 1 aromatic heterocycles. The van der Waals surface area contributed by atoms with Gasteiger partial charge in [0, 0.05) is 54.8 Å². The number of carbonyl (C=O) groups is 2. The summed E-state index contributed by atoms with van der Waals surface area (Å²) in [6, 6.07) is 11.4. The first-order valence-corrected chi connectivity index (χ1v) is 15.7. The fourth-order valence-electron chi connectivity index (χ4n) is 6.56. The van der Waals surface area contributed by atoms with Gasteiger partial charge in [0.05, 0.1) is 19.3 Å². The van der Waals surface area contributed by atoms with Gasteiger partial charge < -0.3 is 14.2 Å². The van der Waals surface area contributed by atoms with Crippen molar-refractivity contribution in [2.45, 2.75) is 51.0 Å². The summed E-state index contributed by atoms with van der Waals surface area (Å²) in [5, 5.41) is 1.04. The summed E-state index contributed by atoms with van der Waals surface area (Å²) in [4.78, 5) is 28.8. The number of likely N-dealkylation sites (N-methyl/N-ethyl adjacent to an activating group) is 1. The third kappa shape index (κ3) is 4.93. The Balaban J connectivity index is 1.64. The number of hydrogen-bond acceptors (Lipinski definition) is 5. The van der Waals surface area contributed by atoms with E-state index < -0.39 is 16.1 Å². The van der Waals surface area contributed by atoms with Gasteiger partial charge in [0.2, 0.25) is 0 Å². The minimum Gasteiger partial charge on any atom is -0.497 e. The second kappa shape index (κ2) is 10.6. The SMILES string of the molecule is COc1ccc2c(c1)C=C1Cn3c-2c(C2CCCCC2)c2ccc(cc23)C(=O)NS(=O)(=O)N(C)CCCN(C)C1=O. The number of methoxy groups -OCH3 is 1. The normalized spacial score (nSPS) is 20.3. The van der Waals surface area contributed by atoms with Gasteiger partial charge >= 0.3 is 10.2 Å². The van der Waals surface area contributed by atoms with Crippen molar-refractivity contribution < 1.29 is 22.7 Å². The smallest absolute Gasteiger partial charge is 0.303 e. The van der Waals surface area contributed by atoms with Crippen molar-refractivity contribution >= 4 is 39.0 Å². The first-order valence-electron chi connectivity index (χ1n) is 14.3. The molecule has 1 N–H and O–H groups in total. The average Bonchev–Trinajstić information content (AvgIpc) is 3.18. The van der Waals surface area contributed by atoms with Crippen LogP contribution in [0.1, 0.15) is 65.9 Å². The number of aromatic nitrogens is 1. The van der Waals surface area contributed by atoms with Crippen molar-refractivity contribution in [3.05, 3.63) is 58.7 Å². The molecule has 3 heterocycles. The molecule has 6 rings (SSSR count). The lowest BCUT2D eigenvalue weighted by Gasteiger charge is -2.24. The zero-order chi connectivity index (χ0) is 28.9. The lowest BCUT2D eigenvalue weighted by atomic mass is 9.81. The zero-order valence-corrected chi connectivity index (χ0v) is 24.6. The highest BCUT2D eigenvalue weighted by molar-refractivity contribution is 7.87. The lowest BCUT2D eigenvalue weighted by molar-refractivity contribution is -0.126. The van der Waals surface area contributed by atoms with Gasteiger partial charge in [-0.05, 0) is 72.7 Å². The van der Waals surface area contributed by atoms with E-state index in [2.05, 4.69) is 15.4 Å². The molecule has 3 aromatic rings. The highest BCUT2D eigenvalue weighted by atomic mass is 32.2. The van der Waals surface area contributed by atoms with Gasteiger partial charge in [0.25, 0.3) is 11.8 Å². The molecule has 0 atom stereocenters. The topological polar surface area (TPSA) is 101 Å². The molecule has 2 aromatic carbocycles. The number of benzene rings is 2. The van der Waals surface area contributed by atoms with Crippen molar-refractivity contribution in [2.24, 2.45) is 0 Å². The monoisotopic (exact) mass is 576 g/mol. The third-order valence-corrected chi connectivity index (χ3v) is 10.2. The molecular formula is C31H36N4O5S. The Labute approximate surface area is 240 Å². The van der Waals surface area contributed by atoms with E-state index in [-0.39, 0.29) is 18.0 Å². The van der Waals surface area contributed by atoms with Crippen LogP contribution in [-0.2, 0) is 21.5 Å². The Bertz CT molecular complexity index is 1680. The number of rotatable bonds is 2. The Morgan fingerprint density at radius 1 is 0.951 bits per heavy atom. The predicted octanol–water partition coefficient (Wildman–Crippen LogP) is 4.53. The van der Waals surface area contributed by atoms with Crippen LogP contribution >= 0.6 is 0 Å². The Morgan fingerprint density at radius 3 is 2.49 bits per heavy atom. The van der Waals surface area contributed by atoms with Crippen LogP contribution in [0.25, 0.3) is 28.2 Å². The van der Waals surface area contributed by atoms with Gasteiger partial charge in [-0.15, -0.1) is 0 Å². The molecular weight excluding hydrogens is 540 g/mol. The van der Waals surface area contributed by atoms with E-state index in [0.29, 0.717) is 36.8 Å². The molecule has 1 saturated carbocycles. The standard InChI is InChI=1S/C31H36N4O5S/c1-33-14-7-15-34(2)41(38,39)32-30(36)21-10-12-26-27(18-21)35-19-23(31(33)37)16-22-17-24(40-3)11-13-25(22)29(35)28(26)20-8-5-4-6-9-20/h10-13,16-18,20H,4-9,14-15,19H2,1-3H3,(H,32,36). The van der Waals surface area contributed by atoms with E-state index in [9.17, 15) is 18.0 Å². The molecule has 0 saturated heterocycles. The van der Waals surface area contributed by atoms with Crippen molar-refractivity contribution in [3.8, 4) is 17.0 Å². The summed E-state index contributed by atoms with van der Waals surface area (Å²) in [5.74, 6) is 0.274. The van der Waals surface area contributed by atoms with Crippen LogP contribution in [-0.4, -0.2) is 68.3 Å². The van der Waals surface area contributed by atoms with E-state index in [1.807, 2.05) is 24.3 Å². The second-order valence-corrected chi connectivity index (χ2v) is 13.2. The number of nitrogens with one attached hydrogen (secondary N) is 1. The number of amides is 2. The molecule has 3 aliphatic rings. The molecule has 1 aliphatic carbocycles. The van der Waals surface area contributed by atoms with Crippen LogP contribution in [0, 0.1) is 0 Å². The van der Waals surface area contributed by atoms with Gasteiger partial charge in [0.1, 0.15) is 5.75 Å². The Hall–Kier alpha value is -3.63. The number of ether oxygens (including phenoxy) is 1. The average molecular weight is 577 g/mol. The number of nitrogens with zero attached hydrogens (tertiary/aromatic N) is 3. The van der Waals surface area contributed by atoms with Crippen molar-refractivity contribution in [1.82, 2.24) is 18.5 Å². The maximum atomic E-state index is 13.9. The highest BCUT2D eigenvalue weighted by Crippen LogP contribution is 2.47. The largest absolute Gasteiger partial charge is 0.497 e. The van der Waals surface area contributed by atoms with Gasteiger partial charge in [-0.2, -0.15) is 12.7 Å². The van der Waals surface area contributed by atoms with Gasteiger partial charge in [-0.25, -0.2) is 4.72 Å². The maximum absolute atomic E-state index is 13.9. The Morgan fingerprint density at radius 2 is 1.73 bits per heavy atom. The first kappa shape index (κ1) is 27.5. The summed E-state index contributed by atoms with van der Waals surface area (Å²) >= 11 is 0. The number of carbonyl (C=O) groups excluding carboxylic acids is 2. The van der Waals surface area contributed by atoms with E-state index in [4.69, 9.17) is 4.74 Å². The molecule has 10 heteroatoms. The number of fused-ring (bicyclic) bond motifs is 4.